The minimum atomic E-state index is 0.314. The van der Waals surface area contributed by atoms with Crippen molar-refractivity contribution in [3.8, 4) is 11.3 Å². The second-order valence-electron chi connectivity index (χ2n) is 3.18. The van der Waals surface area contributed by atoms with Crippen molar-refractivity contribution in [2.24, 2.45) is 5.84 Å². The Morgan fingerprint density at radius 3 is 2.93 bits per heavy atom. The van der Waals surface area contributed by atoms with E-state index < -0.39 is 0 Å². The summed E-state index contributed by atoms with van der Waals surface area (Å²) in [7, 11) is 0. The molecular formula is C10H11N5. The van der Waals surface area contributed by atoms with Crippen molar-refractivity contribution in [1.29, 1.82) is 0 Å². The summed E-state index contributed by atoms with van der Waals surface area (Å²) in [5.74, 6) is 5.53. The van der Waals surface area contributed by atoms with E-state index in [1.807, 2.05) is 31.2 Å². The van der Waals surface area contributed by atoms with Crippen molar-refractivity contribution in [3.05, 3.63) is 36.0 Å². The second kappa shape index (κ2) is 4.02. The summed E-state index contributed by atoms with van der Waals surface area (Å²) in [6.45, 7) is 2.03. The molecule has 15 heavy (non-hydrogen) atoms. The third kappa shape index (κ3) is 2.08. The second-order valence-corrected chi connectivity index (χ2v) is 3.18. The van der Waals surface area contributed by atoms with Crippen LogP contribution in [0.3, 0.4) is 0 Å². The quantitative estimate of drug-likeness (QED) is 0.562. The van der Waals surface area contributed by atoms with Crippen LogP contribution in [0, 0.1) is 6.92 Å². The molecule has 0 aliphatic rings. The fourth-order valence-corrected chi connectivity index (χ4v) is 1.31. The molecule has 1 heterocycles. The molecule has 0 saturated carbocycles. The zero-order valence-corrected chi connectivity index (χ0v) is 8.31. The van der Waals surface area contributed by atoms with Crippen LogP contribution in [0.1, 0.15) is 5.56 Å². The van der Waals surface area contributed by atoms with Crippen LogP contribution in [0.2, 0.25) is 0 Å². The Bertz CT molecular complexity index is 469. The zero-order valence-electron chi connectivity index (χ0n) is 8.31. The van der Waals surface area contributed by atoms with Gasteiger partial charge in [0.25, 0.3) is 5.95 Å². The first-order valence-electron chi connectivity index (χ1n) is 4.53. The molecule has 0 spiro atoms. The van der Waals surface area contributed by atoms with Crippen molar-refractivity contribution < 1.29 is 0 Å². The van der Waals surface area contributed by atoms with Crippen molar-refractivity contribution in [2.75, 3.05) is 5.43 Å². The van der Waals surface area contributed by atoms with Crippen molar-refractivity contribution in [3.63, 3.8) is 0 Å². The summed E-state index contributed by atoms with van der Waals surface area (Å²) in [6, 6.07) is 8.00. The van der Waals surface area contributed by atoms with Gasteiger partial charge in [0.15, 0.2) is 0 Å². The number of hydrogen-bond acceptors (Lipinski definition) is 5. The lowest BCUT2D eigenvalue weighted by atomic mass is 10.1. The number of nitrogens with one attached hydrogen (secondary N) is 1. The van der Waals surface area contributed by atoms with Gasteiger partial charge in [-0.05, 0) is 13.0 Å². The fraction of sp³-hybridized carbons (Fsp3) is 0.100. The molecule has 1 aromatic carbocycles. The number of hydrogen-bond donors (Lipinski definition) is 2. The van der Waals surface area contributed by atoms with Crippen molar-refractivity contribution >= 4 is 5.95 Å². The number of nitrogens with zero attached hydrogens (tertiary/aromatic N) is 3. The maximum absolute atomic E-state index is 5.21. The largest absolute Gasteiger partial charge is 0.291 e. The molecule has 0 radical (unpaired) electrons. The van der Waals surface area contributed by atoms with Crippen LogP contribution in [0.4, 0.5) is 5.95 Å². The lowest BCUT2D eigenvalue weighted by Gasteiger charge is -2.02. The number of hydrazine groups is 1. The Kier molecular flexibility index (Phi) is 2.55. The molecule has 5 heteroatoms. The third-order valence-electron chi connectivity index (χ3n) is 2.00. The first kappa shape index (κ1) is 9.54. The molecule has 2 rings (SSSR count). The van der Waals surface area contributed by atoms with Gasteiger partial charge in [-0.15, -0.1) is 5.10 Å². The van der Waals surface area contributed by atoms with Gasteiger partial charge in [0.2, 0.25) is 0 Å². The predicted molar refractivity (Wildman–Crippen MR) is 57.8 cm³/mol. The first-order valence-corrected chi connectivity index (χ1v) is 4.53. The van der Waals surface area contributed by atoms with Gasteiger partial charge in [0.05, 0.1) is 11.9 Å². The third-order valence-corrected chi connectivity index (χ3v) is 2.00. The van der Waals surface area contributed by atoms with Gasteiger partial charge >= 0.3 is 0 Å². The Labute approximate surface area is 87.3 Å². The monoisotopic (exact) mass is 201 g/mol. The summed E-state index contributed by atoms with van der Waals surface area (Å²) in [4.78, 5) is 4.19. The van der Waals surface area contributed by atoms with E-state index in [0.717, 1.165) is 11.3 Å². The molecule has 3 N–H and O–H groups in total. The molecule has 5 nitrogen and oxygen atoms in total. The summed E-state index contributed by atoms with van der Waals surface area (Å²) < 4.78 is 0. The SMILES string of the molecule is Cc1cccc(-c2cnnc(NN)n2)c1. The number of nitrogen functional groups attached to an aromatic ring is 1. The molecule has 0 unspecified atom stereocenters. The number of anilines is 1. The predicted octanol–water partition coefficient (Wildman–Crippen LogP) is 1.13. The van der Waals surface area contributed by atoms with Crippen LogP contribution in [0.5, 0.6) is 0 Å². The molecule has 0 bridgehead atoms. The molecule has 0 aliphatic carbocycles. The van der Waals surface area contributed by atoms with Crippen LogP contribution >= 0.6 is 0 Å². The number of aryl methyl sites for hydroxylation is 1. The Balaban J connectivity index is 2.44. The van der Waals surface area contributed by atoms with E-state index >= 15 is 0 Å². The molecule has 0 fully saturated rings. The average Bonchev–Trinajstić information content (AvgIpc) is 2.29. The highest BCUT2D eigenvalue weighted by atomic mass is 15.3. The van der Waals surface area contributed by atoms with Gasteiger partial charge in [-0.25, -0.2) is 10.8 Å². The van der Waals surface area contributed by atoms with Crippen LogP contribution in [-0.2, 0) is 0 Å². The van der Waals surface area contributed by atoms with Gasteiger partial charge in [-0.3, -0.25) is 5.43 Å². The molecule has 0 atom stereocenters. The van der Waals surface area contributed by atoms with E-state index in [0.29, 0.717) is 5.95 Å². The summed E-state index contributed by atoms with van der Waals surface area (Å²) >= 11 is 0. The highest BCUT2D eigenvalue weighted by molar-refractivity contribution is 5.59. The highest BCUT2D eigenvalue weighted by Gasteiger charge is 2.01. The maximum Gasteiger partial charge on any atom is 0.257 e. The molecule has 0 saturated heterocycles. The number of aromatic nitrogens is 3. The number of nitrogens with two attached hydrogens (primary N) is 1. The van der Waals surface area contributed by atoms with Crippen molar-refractivity contribution in [2.45, 2.75) is 6.92 Å². The summed E-state index contributed by atoms with van der Waals surface area (Å²) in [6.07, 6.45) is 1.61. The summed E-state index contributed by atoms with van der Waals surface area (Å²) in [5.41, 5.74) is 5.29. The highest BCUT2D eigenvalue weighted by Crippen LogP contribution is 2.17. The Morgan fingerprint density at radius 1 is 1.33 bits per heavy atom. The lowest BCUT2D eigenvalue weighted by molar-refractivity contribution is 0.966. The summed E-state index contributed by atoms with van der Waals surface area (Å²) in [5, 5.41) is 7.52. The van der Waals surface area contributed by atoms with E-state index in [1.165, 1.54) is 5.56 Å². The minimum absolute atomic E-state index is 0.314. The number of benzene rings is 1. The van der Waals surface area contributed by atoms with Crippen molar-refractivity contribution in [1.82, 2.24) is 15.2 Å². The van der Waals surface area contributed by atoms with E-state index in [9.17, 15) is 0 Å². The molecule has 0 aliphatic heterocycles. The molecule has 2 aromatic rings. The smallest absolute Gasteiger partial charge is 0.257 e. The first-order chi connectivity index (χ1) is 7.29. The van der Waals surface area contributed by atoms with Crippen LogP contribution in [0.15, 0.2) is 30.5 Å². The lowest BCUT2D eigenvalue weighted by Crippen LogP contribution is -2.11. The van der Waals surface area contributed by atoms with Gasteiger partial charge < -0.3 is 0 Å². The number of rotatable bonds is 2. The average molecular weight is 201 g/mol. The Hall–Kier alpha value is -2.01. The minimum Gasteiger partial charge on any atom is -0.291 e. The van der Waals surface area contributed by atoms with E-state index in [2.05, 4.69) is 20.6 Å². The van der Waals surface area contributed by atoms with Gasteiger partial charge in [-0.1, -0.05) is 23.8 Å². The molecule has 1 aromatic heterocycles. The van der Waals surface area contributed by atoms with Gasteiger partial charge in [0, 0.05) is 5.56 Å². The molecular weight excluding hydrogens is 190 g/mol. The maximum atomic E-state index is 5.21. The zero-order chi connectivity index (χ0) is 10.7. The van der Waals surface area contributed by atoms with E-state index in [4.69, 9.17) is 5.84 Å². The van der Waals surface area contributed by atoms with E-state index in [-0.39, 0.29) is 0 Å². The van der Waals surface area contributed by atoms with Crippen LogP contribution in [-0.4, -0.2) is 15.2 Å². The van der Waals surface area contributed by atoms with Gasteiger partial charge in [-0.2, -0.15) is 5.10 Å². The normalized spacial score (nSPS) is 10.0. The van der Waals surface area contributed by atoms with Gasteiger partial charge in [0.1, 0.15) is 0 Å². The standard InChI is InChI=1S/C10H11N5/c1-7-3-2-4-8(5-7)9-6-12-15-10(13-9)14-11/h2-6H,11H2,1H3,(H,13,14,15). The fourth-order valence-electron chi connectivity index (χ4n) is 1.31. The Morgan fingerprint density at radius 2 is 2.20 bits per heavy atom. The van der Waals surface area contributed by atoms with E-state index in [1.54, 1.807) is 6.20 Å². The molecule has 0 amide bonds. The molecule has 76 valence electrons. The van der Waals surface area contributed by atoms with Crippen LogP contribution in [0.25, 0.3) is 11.3 Å². The van der Waals surface area contributed by atoms with Crippen LogP contribution < -0.4 is 11.3 Å². The topological polar surface area (TPSA) is 76.7 Å².